The molecule has 4 amide bonds. The summed E-state index contributed by atoms with van der Waals surface area (Å²) in [5.74, 6) is -1.09. The Balaban J connectivity index is 1.84. The minimum absolute atomic E-state index is 0.0943. The van der Waals surface area contributed by atoms with Crippen LogP contribution < -0.4 is 16.0 Å². The fourth-order valence-corrected chi connectivity index (χ4v) is 5.88. The van der Waals surface area contributed by atoms with E-state index in [1.54, 1.807) is 49.9 Å². The Morgan fingerprint density at radius 2 is 1.60 bits per heavy atom. The van der Waals surface area contributed by atoms with Crippen molar-refractivity contribution in [1.29, 1.82) is 0 Å². The van der Waals surface area contributed by atoms with Crippen molar-refractivity contribution in [3.8, 4) is 0 Å². The second kappa shape index (κ2) is 14.1. The zero-order valence-corrected chi connectivity index (χ0v) is 27.1. The van der Waals surface area contributed by atoms with E-state index >= 15 is 0 Å². The molecule has 2 unspecified atom stereocenters. The molecule has 5 atom stereocenters. The first-order chi connectivity index (χ1) is 20.0. The van der Waals surface area contributed by atoms with Crippen LogP contribution in [0, 0.1) is 23.2 Å². The van der Waals surface area contributed by atoms with Crippen molar-refractivity contribution in [3.05, 3.63) is 30.3 Å². The van der Waals surface area contributed by atoms with E-state index in [0.29, 0.717) is 31.0 Å². The molecule has 10 heteroatoms. The molecule has 1 saturated heterocycles. The van der Waals surface area contributed by atoms with E-state index in [0.717, 1.165) is 19.3 Å². The highest BCUT2D eigenvalue weighted by Crippen LogP contribution is 2.35. The van der Waals surface area contributed by atoms with Crippen molar-refractivity contribution < 1.29 is 29.0 Å². The molecule has 0 radical (unpaired) electrons. The molecule has 1 aliphatic carbocycles. The molecule has 43 heavy (non-hydrogen) atoms. The van der Waals surface area contributed by atoms with E-state index in [2.05, 4.69) is 16.0 Å². The zero-order chi connectivity index (χ0) is 32.1. The maximum atomic E-state index is 14.1. The van der Waals surface area contributed by atoms with E-state index in [4.69, 9.17) is 4.74 Å². The number of nitrogens with zero attached hydrogens (tertiary/aromatic N) is 1. The SMILES string of the molecule is CC(C)[C@H]1CCN(C(=O)[C@@H](NC(=O)OC(C)(C)C)C(C)(C)C)[C@@H]1C(=O)NC(CC1CCC1)C(O)C(=O)Nc1ccccc1. The summed E-state index contributed by atoms with van der Waals surface area (Å²) >= 11 is 0. The number of aliphatic hydroxyl groups is 1. The van der Waals surface area contributed by atoms with Crippen molar-refractivity contribution >= 4 is 29.5 Å². The normalized spacial score (nSPS) is 21.4. The predicted octanol–water partition coefficient (Wildman–Crippen LogP) is 4.47. The predicted molar refractivity (Wildman–Crippen MR) is 166 cm³/mol. The number of ether oxygens (including phenoxy) is 1. The van der Waals surface area contributed by atoms with Crippen LogP contribution >= 0.6 is 0 Å². The van der Waals surface area contributed by atoms with Crippen LogP contribution in [0.2, 0.25) is 0 Å². The first-order valence-electron chi connectivity index (χ1n) is 15.6. The number of carbonyl (C=O) groups excluding carboxylic acids is 4. The summed E-state index contributed by atoms with van der Waals surface area (Å²) in [4.78, 5) is 55.5. The molecule has 1 aromatic rings. The van der Waals surface area contributed by atoms with Crippen LogP contribution in [-0.4, -0.2) is 70.2 Å². The Hall–Kier alpha value is -3.14. The monoisotopic (exact) mass is 600 g/mol. The van der Waals surface area contributed by atoms with Crippen LogP contribution in [0.3, 0.4) is 0 Å². The quantitative estimate of drug-likeness (QED) is 0.313. The summed E-state index contributed by atoms with van der Waals surface area (Å²) in [5.41, 5.74) is -0.848. The third-order valence-electron chi connectivity index (χ3n) is 8.46. The highest BCUT2D eigenvalue weighted by Gasteiger charge is 2.48. The smallest absolute Gasteiger partial charge is 0.408 e. The fourth-order valence-electron chi connectivity index (χ4n) is 5.88. The Morgan fingerprint density at radius 1 is 0.977 bits per heavy atom. The first kappa shape index (κ1) is 34.4. The number of likely N-dealkylation sites (tertiary alicyclic amines) is 1. The molecule has 0 aromatic heterocycles. The van der Waals surface area contributed by atoms with Gasteiger partial charge in [-0.1, -0.05) is 72.1 Å². The molecular formula is C33H52N4O6. The molecule has 10 nitrogen and oxygen atoms in total. The van der Waals surface area contributed by atoms with Gasteiger partial charge in [-0.2, -0.15) is 0 Å². The van der Waals surface area contributed by atoms with Gasteiger partial charge in [0.15, 0.2) is 6.10 Å². The molecule has 1 aliphatic heterocycles. The van der Waals surface area contributed by atoms with Gasteiger partial charge >= 0.3 is 6.09 Å². The summed E-state index contributed by atoms with van der Waals surface area (Å²) in [6.45, 7) is 15.2. The molecule has 1 heterocycles. The van der Waals surface area contributed by atoms with E-state index in [1.165, 1.54) is 0 Å². The lowest BCUT2D eigenvalue weighted by Crippen LogP contribution is -2.60. The van der Waals surface area contributed by atoms with Crippen LogP contribution in [0.25, 0.3) is 0 Å². The Bertz CT molecular complexity index is 1120. The lowest BCUT2D eigenvalue weighted by Gasteiger charge is -2.38. The average molecular weight is 601 g/mol. The fraction of sp³-hybridized carbons (Fsp3) is 0.697. The number of para-hydroxylation sites is 1. The van der Waals surface area contributed by atoms with Gasteiger partial charge in [0.2, 0.25) is 11.8 Å². The van der Waals surface area contributed by atoms with Crippen molar-refractivity contribution in [2.45, 2.75) is 117 Å². The highest BCUT2D eigenvalue weighted by molar-refractivity contribution is 5.96. The second-order valence-electron chi connectivity index (χ2n) is 14.6. The van der Waals surface area contributed by atoms with Gasteiger partial charge in [0.05, 0.1) is 6.04 Å². The number of aliphatic hydroxyl groups excluding tert-OH is 1. The number of amides is 4. The van der Waals surface area contributed by atoms with Gasteiger partial charge < -0.3 is 30.7 Å². The zero-order valence-electron chi connectivity index (χ0n) is 27.1. The molecule has 2 aliphatic rings. The number of nitrogens with one attached hydrogen (secondary N) is 3. The number of rotatable bonds is 10. The molecule has 1 saturated carbocycles. The van der Waals surface area contributed by atoms with E-state index in [9.17, 15) is 24.3 Å². The third-order valence-corrected chi connectivity index (χ3v) is 8.46. The molecule has 0 bridgehead atoms. The van der Waals surface area contributed by atoms with Gasteiger partial charge in [-0.25, -0.2) is 4.79 Å². The van der Waals surface area contributed by atoms with Crippen LogP contribution in [0.4, 0.5) is 10.5 Å². The van der Waals surface area contributed by atoms with Crippen molar-refractivity contribution in [1.82, 2.24) is 15.5 Å². The molecular weight excluding hydrogens is 548 g/mol. The Kier molecular flexibility index (Phi) is 11.3. The largest absolute Gasteiger partial charge is 0.444 e. The van der Waals surface area contributed by atoms with Gasteiger partial charge in [-0.05, 0) is 68.9 Å². The molecule has 4 N–H and O–H groups in total. The Labute approximate surface area is 256 Å². The molecule has 2 fully saturated rings. The summed E-state index contributed by atoms with van der Waals surface area (Å²) < 4.78 is 5.44. The summed E-state index contributed by atoms with van der Waals surface area (Å²) in [6.07, 6.45) is 1.95. The van der Waals surface area contributed by atoms with Crippen LogP contribution in [0.1, 0.15) is 87.5 Å². The molecule has 240 valence electrons. The van der Waals surface area contributed by atoms with Crippen molar-refractivity contribution in [3.63, 3.8) is 0 Å². The number of alkyl carbamates (subject to hydrolysis) is 1. The highest BCUT2D eigenvalue weighted by atomic mass is 16.6. The first-order valence-corrected chi connectivity index (χ1v) is 15.6. The van der Waals surface area contributed by atoms with Crippen LogP contribution in [0.5, 0.6) is 0 Å². The third kappa shape index (κ3) is 9.42. The number of hydrogen-bond donors (Lipinski definition) is 4. The standard InChI is InChI=1S/C33H52N4O6/c1-20(2)23-17-18-37(30(41)27(32(3,4)5)36-31(42)43-33(6,7)8)25(23)28(39)35-24(19-21-13-12-14-21)26(38)29(40)34-22-15-10-9-11-16-22/h9-11,15-16,20-21,23-27,38H,12-14,17-19H2,1-8H3,(H,34,40)(H,35,39)(H,36,42)/t23-,24?,25+,26?,27-/m1/s1. The van der Waals surface area contributed by atoms with Gasteiger partial charge in [0.25, 0.3) is 5.91 Å². The Morgan fingerprint density at radius 3 is 2.12 bits per heavy atom. The minimum atomic E-state index is -1.47. The number of anilines is 1. The van der Waals surface area contributed by atoms with Crippen LogP contribution in [-0.2, 0) is 19.1 Å². The van der Waals surface area contributed by atoms with Gasteiger partial charge in [0, 0.05) is 12.2 Å². The summed E-state index contributed by atoms with van der Waals surface area (Å²) in [5, 5.41) is 19.6. The molecule has 0 spiro atoms. The molecule has 3 rings (SSSR count). The number of benzene rings is 1. The van der Waals surface area contributed by atoms with Crippen molar-refractivity contribution in [2.75, 3.05) is 11.9 Å². The summed E-state index contributed by atoms with van der Waals surface area (Å²) in [6, 6.07) is 6.31. The van der Waals surface area contributed by atoms with E-state index in [-0.39, 0.29) is 17.7 Å². The second-order valence-corrected chi connectivity index (χ2v) is 14.6. The lowest BCUT2D eigenvalue weighted by molar-refractivity contribution is -0.144. The molecule has 1 aromatic carbocycles. The lowest BCUT2D eigenvalue weighted by atomic mass is 9.79. The maximum Gasteiger partial charge on any atom is 0.408 e. The van der Waals surface area contributed by atoms with E-state index < -0.39 is 53.2 Å². The minimum Gasteiger partial charge on any atom is -0.444 e. The maximum absolute atomic E-state index is 14.1. The van der Waals surface area contributed by atoms with Gasteiger partial charge in [0.1, 0.15) is 17.7 Å². The van der Waals surface area contributed by atoms with Gasteiger partial charge in [-0.3, -0.25) is 14.4 Å². The van der Waals surface area contributed by atoms with Gasteiger partial charge in [-0.15, -0.1) is 0 Å². The van der Waals surface area contributed by atoms with E-state index in [1.807, 2.05) is 40.7 Å². The average Bonchev–Trinajstić information content (AvgIpc) is 3.32. The topological polar surface area (TPSA) is 137 Å². The van der Waals surface area contributed by atoms with Crippen LogP contribution in [0.15, 0.2) is 30.3 Å². The van der Waals surface area contributed by atoms with Crippen molar-refractivity contribution in [2.24, 2.45) is 23.2 Å². The number of hydrogen-bond acceptors (Lipinski definition) is 6. The number of carbonyl (C=O) groups is 4. The summed E-state index contributed by atoms with van der Waals surface area (Å²) in [7, 11) is 0.